The molecule has 152 valence electrons. The van der Waals surface area contributed by atoms with Crippen molar-refractivity contribution in [2.45, 2.75) is 44.0 Å². The topological polar surface area (TPSA) is 81.7 Å². The zero-order valence-electron chi connectivity index (χ0n) is 16.9. The number of fused-ring (bicyclic) bond motifs is 2. The van der Waals surface area contributed by atoms with Crippen LogP contribution in [0.3, 0.4) is 0 Å². The van der Waals surface area contributed by atoms with Crippen LogP contribution in [-0.4, -0.2) is 43.2 Å². The van der Waals surface area contributed by atoms with Gasteiger partial charge in [0.2, 0.25) is 5.91 Å². The number of benzene rings is 1. The Kier molecular flexibility index (Phi) is 4.85. The van der Waals surface area contributed by atoms with Crippen LogP contribution in [-0.2, 0) is 11.3 Å². The van der Waals surface area contributed by atoms with E-state index in [1.165, 1.54) is 9.20 Å². The number of thioether (sulfide) groups is 1. The summed E-state index contributed by atoms with van der Waals surface area (Å²) in [5, 5.41) is 9.39. The number of amides is 1. The molecule has 29 heavy (non-hydrogen) atoms. The Balaban J connectivity index is 1.62. The largest absolute Gasteiger partial charge is 0.490 e. The molecular formula is C20H23N5O3S. The highest BCUT2D eigenvalue weighted by atomic mass is 32.2. The maximum Gasteiger partial charge on any atom is 0.367 e. The first kappa shape index (κ1) is 19.5. The maximum absolute atomic E-state index is 13.0. The third-order valence-electron chi connectivity index (χ3n) is 4.39. The molecule has 4 rings (SSSR count). The first-order valence-corrected chi connectivity index (χ1v) is 10.2. The molecule has 3 aromatic rings. The minimum Gasteiger partial charge on any atom is -0.490 e. The molecule has 8 nitrogen and oxygen atoms in total. The van der Waals surface area contributed by atoms with Crippen LogP contribution in [0.4, 0.5) is 5.69 Å². The molecule has 3 heterocycles. The molecule has 0 radical (unpaired) electrons. The Morgan fingerprint density at radius 1 is 1.21 bits per heavy atom. The molecule has 0 aliphatic carbocycles. The van der Waals surface area contributed by atoms with E-state index in [9.17, 15) is 9.59 Å². The highest BCUT2D eigenvalue weighted by Gasteiger charge is 2.25. The van der Waals surface area contributed by atoms with Crippen molar-refractivity contribution in [3.63, 3.8) is 0 Å². The zero-order chi connectivity index (χ0) is 20.8. The van der Waals surface area contributed by atoms with Gasteiger partial charge in [-0.3, -0.25) is 4.79 Å². The molecule has 1 aliphatic heterocycles. The summed E-state index contributed by atoms with van der Waals surface area (Å²) in [6.07, 6.45) is 0. The average molecular weight is 414 g/mol. The van der Waals surface area contributed by atoms with Crippen LogP contribution in [0, 0.1) is 6.92 Å². The summed E-state index contributed by atoms with van der Waals surface area (Å²) in [5.74, 6) is 0.456. The van der Waals surface area contributed by atoms with Crippen LogP contribution >= 0.6 is 11.8 Å². The van der Waals surface area contributed by atoms with Crippen molar-refractivity contribution in [1.82, 2.24) is 19.4 Å². The predicted octanol–water partition coefficient (Wildman–Crippen LogP) is 2.52. The number of carbonyl (C=O) groups is 1. The number of carbonyl (C=O) groups excluding carboxylic acids is 1. The lowest BCUT2D eigenvalue weighted by Gasteiger charge is -2.29. The van der Waals surface area contributed by atoms with E-state index < -0.39 is 5.69 Å². The number of aryl methyl sites for hydroxylation is 1. The lowest BCUT2D eigenvalue weighted by molar-refractivity contribution is -0.119. The smallest absolute Gasteiger partial charge is 0.367 e. The molecule has 0 spiro atoms. The Morgan fingerprint density at radius 3 is 2.76 bits per heavy atom. The summed E-state index contributed by atoms with van der Waals surface area (Å²) in [6.45, 7) is 8.89. The van der Waals surface area contributed by atoms with Gasteiger partial charge < -0.3 is 9.64 Å². The first-order chi connectivity index (χ1) is 13.7. The van der Waals surface area contributed by atoms with Gasteiger partial charge in [-0.15, -0.1) is 5.10 Å². The van der Waals surface area contributed by atoms with E-state index in [1.807, 2.05) is 31.2 Å². The summed E-state index contributed by atoms with van der Waals surface area (Å²) < 4.78 is 8.03. The number of rotatable bonds is 3. The fraction of sp³-hybridized carbons (Fsp3) is 0.400. The van der Waals surface area contributed by atoms with Gasteiger partial charge in [-0.2, -0.15) is 9.61 Å². The Labute approximate surface area is 172 Å². The molecule has 0 N–H and O–H groups in total. The molecule has 1 amide bonds. The second kappa shape index (κ2) is 7.22. The van der Waals surface area contributed by atoms with Gasteiger partial charge in [-0.05, 0) is 36.8 Å². The third-order valence-corrected chi connectivity index (χ3v) is 5.43. The number of ether oxygens (including phenoxy) is 1. The van der Waals surface area contributed by atoms with E-state index >= 15 is 0 Å². The van der Waals surface area contributed by atoms with Gasteiger partial charge in [-0.25, -0.2) is 9.48 Å². The molecule has 1 aliphatic rings. The van der Waals surface area contributed by atoms with E-state index in [4.69, 9.17) is 4.74 Å². The molecule has 0 saturated carbocycles. The molecule has 9 heteroatoms. The SMILES string of the molecule is Cc1ccc2c(c1)N(C(=O)Cn1nc3ccc(SC(C)(C)C)nn3c1=O)CCO2. The van der Waals surface area contributed by atoms with Crippen LogP contribution < -0.4 is 15.3 Å². The van der Waals surface area contributed by atoms with Crippen LogP contribution in [0.1, 0.15) is 26.3 Å². The number of hydrogen-bond donors (Lipinski definition) is 0. The highest BCUT2D eigenvalue weighted by molar-refractivity contribution is 8.00. The lowest BCUT2D eigenvalue weighted by atomic mass is 10.1. The van der Waals surface area contributed by atoms with E-state index in [2.05, 4.69) is 31.0 Å². The normalized spacial score (nSPS) is 14.0. The van der Waals surface area contributed by atoms with Crippen molar-refractivity contribution in [2.75, 3.05) is 18.1 Å². The van der Waals surface area contributed by atoms with E-state index in [-0.39, 0.29) is 17.2 Å². The summed E-state index contributed by atoms with van der Waals surface area (Å²) in [5.41, 5.74) is 1.74. The standard InChI is InChI=1S/C20H23N5O3S/c1-13-5-6-15-14(11-13)23(9-10-28-15)18(26)12-24-19(27)25-16(21-24)7-8-17(22-25)29-20(2,3)4/h5-8,11H,9-10,12H2,1-4H3. The molecule has 0 unspecified atom stereocenters. The molecule has 1 aromatic carbocycles. The second-order valence-corrected chi connectivity index (χ2v) is 9.81. The summed E-state index contributed by atoms with van der Waals surface area (Å²) in [7, 11) is 0. The minimum atomic E-state index is -0.428. The van der Waals surface area contributed by atoms with Gasteiger partial charge in [0.15, 0.2) is 5.65 Å². The fourth-order valence-electron chi connectivity index (χ4n) is 3.16. The quantitative estimate of drug-likeness (QED) is 0.614. The molecule has 0 atom stereocenters. The number of hydrogen-bond acceptors (Lipinski definition) is 6. The molecule has 0 bridgehead atoms. The van der Waals surface area contributed by atoms with Crippen molar-refractivity contribution in [3.05, 3.63) is 46.4 Å². The van der Waals surface area contributed by atoms with Gasteiger partial charge in [0.25, 0.3) is 0 Å². The van der Waals surface area contributed by atoms with Crippen molar-refractivity contribution < 1.29 is 9.53 Å². The summed E-state index contributed by atoms with van der Waals surface area (Å²) >= 11 is 1.57. The Bertz CT molecular complexity index is 1150. The zero-order valence-corrected chi connectivity index (χ0v) is 17.7. The maximum atomic E-state index is 13.0. The van der Waals surface area contributed by atoms with Gasteiger partial charge in [-0.1, -0.05) is 38.6 Å². The van der Waals surface area contributed by atoms with Crippen molar-refractivity contribution in [2.24, 2.45) is 0 Å². The predicted molar refractivity (Wildman–Crippen MR) is 112 cm³/mol. The monoisotopic (exact) mass is 413 g/mol. The highest BCUT2D eigenvalue weighted by Crippen LogP contribution is 2.32. The van der Waals surface area contributed by atoms with Gasteiger partial charge in [0.1, 0.15) is 23.9 Å². The molecule has 0 saturated heterocycles. The molecule has 2 aromatic heterocycles. The second-order valence-electron chi connectivity index (χ2n) is 7.96. The number of nitrogens with zero attached hydrogens (tertiary/aromatic N) is 5. The minimum absolute atomic E-state index is 0.0297. The first-order valence-electron chi connectivity index (χ1n) is 9.41. The van der Waals surface area contributed by atoms with Crippen molar-refractivity contribution in [1.29, 1.82) is 0 Å². The van der Waals surface area contributed by atoms with Gasteiger partial charge in [0.05, 0.1) is 12.2 Å². The van der Waals surface area contributed by atoms with Crippen LogP contribution in [0.5, 0.6) is 5.75 Å². The van der Waals surface area contributed by atoms with Crippen LogP contribution in [0.25, 0.3) is 5.65 Å². The number of aromatic nitrogens is 4. The van der Waals surface area contributed by atoms with Crippen molar-refractivity contribution >= 4 is 29.0 Å². The third kappa shape index (κ3) is 4.00. The average Bonchev–Trinajstić information content (AvgIpc) is 2.95. The fourth-order valence-corrected chi connectivity index (χ4v) is 4.05. The van der Waals surface area contributed by atoms with Crippen LogP contribution in [0.2, 0.25) is 0 Å². The van der Waals surface area contributed by atoms with Gasteiger partial charge in [0, 0.05) is 4.75 Å². The summed E-state index contributed by atoms with van der Waals surface area (Å²) in [6, 6.07) is 9.30. The molecular weight excluding hydrogens is 390 g/mol. The van der Waals surface area contributed by atoms with E-state index in [0.29, 0.717) is 24.5 Å². The van der Waals surface area contributed by atoms with Crippen molar-refractivity contribution in [3.8, 4) is 5.75 Å². The van der Waals surface area contributed by atoms with E-state index in [0.717, 1.165) is 16.3 Å². The molecule has 0 fully saturated rings. The summed E-state index contributed by atoms with van der Waals surface area (Å²) in [4.78, 5) is 27.4. The lowest BCUT2D eigenvalue weighted by Crippen LogP contribution is -2.41. The Morgan fingerprint density at radius 2 is 2.00 bits per heavy atom. The van der Waals surface area contributed by atoms with E-state index in [1.54, 1.807) is 22.7 Å². The van der Waals surface area contributed by atoms with Gasteiger partial charge >= 0.3 is 5.69 Å². The van der Waals surface area contributed by atoms with Crippen LogP contribution in [0.15, 0.2) is 40.2 Å². The Hall–Kier alpha value is -2.81. The number of anilines is 1.